The van der Waals surface area contributed by atoms with Crippen molar-refractivity contribution in [2.24, 2.45) is 5.73 Å². The van der Waals surface area contributed by atoms with Gasteiger partial charge in [-0.15, -0.1) is 0 Å². The summed E-state index contributed by atoms with van der Waals surface area (Å²) in [5.41, 5.74) is 9.37. The molecule has 2 nitrogen and oxygen atoms in total. The molecule has 0 saturated heterocycles. The Hall–Kier alpha value is -1.77. The summed E-state index contributed by atoms with van der Waals surface area (Å²) in [5.74, 6) is 0. The molecule has 0 saturated carbocycles. The van der Waals surface area contributed by atoms with Crippen LogP contribution in [0.2, 0.25) is 5.02 Å². The van der Waals surface area contributed by atoms with E-state index in [1.54, 1.807) is 0 Å². The molecule has 0 atom stereocenters. The lowest BCUT2D eigenvalue weighted by Gasteiger charge is -2.07. The van der Waals surface area contributed by atoms with E-state index >= 15 is 0 Å². The summed E-state index contributed by atoms with van der Waals surface area (Å²) < 4.78 is 2.25. The molecule has 3 heteroatoms. The molecular formula is C17H17ClN2. The monoisotopic (exact) mass is 284 g/mol. The van der Waals surface area contributed by atoms with Gasteiger partial charge in [0.1, 0.15) is 0 Å². The van der Waals surface area contributed by atoms with Crippen LogP contribution < -0.4 is 5.73 Å². The highest BCUT2D eigenvalue weighted by molar-refractivity contribution is 6.30. The second kappa shape index (κ2) is 5.70. The van der Waals surface area contributed by atoms with Crippen LogP contribution in [0.3, 0.4) is 0 Å². The van der Waals surface area contributed by atoms with Gasteiger partial charge in [-0.25, -0.2) is 0 Å². The minimum absolute atomic E-state index is 0.681. The first-order valence-electron chi connectivity index (χ1n) is 6.78. The summed E-state index contributed by atoms with van der Waals surface area (Å²) in [7, 11) is 0. The molecule has 2 N–H and O–H groups in total. The van der Waals surface area contributed by atoms with Crippen LogP contribution in [0.15, 0.2) is 54.7 Å². The summed E-state index contributed by atoms with van der Waals surface area (Å²) in [6, 6.07) is 16.7. The zero-order valence-electron chi connectivity index (χ0n) is 11.2. The fraction of sp³-hybridized carbons (Fsp3) is 0.176. The molecule has 0 bridgehead atoms. The van der Waals surface area contributed by atoms with Gasteiger partial charge >= 0.3 is 0 Å². The molecule has 0 fully saturated rings. The molecule has 0 aliphatic rings. The van der Waals surface area contributed by atoms with Gasteiger partial charge in [0, 0.05) is 23.3 Å². The van der Waals surface area contributed by atoms with Gasteiger partial charge in [-0.2, -0.15) is 0 Å². The zero-order valence-corrected chi connectivity index (χ0v) is 12.0. The van der Waals surface area contributed by atoms with Crippen LogP contribution in [0.25, 0.3) is 10.9 Å². The molecule has 102 valence electrons. The maximum absolute atomic E-state index is 6.05. The van der Waals surface area contributed by atoms with E-state index in [4.69, 9.17) is 17.3 Å². The van der Waals surface area contributed by atoms with Crippen molar-refractivity contribution in [3.63, 3.8) is 0 Å². The minimum Gasteiger partial charge on any atom is -0.343 e. The van der Waals surface area contributed by atoms with Crippen molar-refractivity contribution in [3.05, 3.63) is 70.9 Å². The van der Waals surface area contributed by atoms with Crippen LogP contribution in [-0.4, -0.2) is 11.1 Å². The number of nitrogens with two attached hydrogens (primary N) is 1. The predicted molar refractivity (Wildman–Crippen MR) is 85.3 cm³/mol. The second-order valence-corrected chi connectivity index (χ2v) is 5.44. The number of fused-ring (bicyclic) bond motifs is 1. The molecular weight excluding hydrogens is 268 g/mol. The molecule has 0 radical (unpaired) electrons. The van der Waals surface area contributed by atoms with Gasteiger partial charge in [0.15, 0.2) is 0 Å². The normalized spacial score (nSPS) is 11.1. The quantitative estimate of drug-likeness (QED) is 0.775. The van der Waals surface area contributed by atoms with Crippen molar-refractivity contribution in [3.8, 4) is 0 Å². The van der Waals surface area contributed by atoms with Crippen LogP contribution in [0, 0.1) is 0 Å². The van der Waals surface area contributed by atoms with Crippen molar-refractivity contribution in [1.29, 1.82) is 0 Å². The SMILES string of the molecule is NCCc1ccc2ccn(Cc3cccc(Cl)c3)c2c1. The predicted octanol–water partition coefficient (Wildman–Crippen LogP) is 3.84. The van der Waals surface area contributed by atoms with Crippen LogP contribution in [0.5, 0.6) is 0 Å². The average Bonchev–Trinajstić information content (AvgIpc) is 2.82. The molecule has 2 aromatic carbocycles. The Kier molecular flexibility index (Phi) is 3.77. The number of nitrogens with zero attached hydrogens (tertiary/aromatic N) is 1. The largest absolute Gasteiger partial charge is 0.343 e. The van der Waals surface area contributed by atoms with E-state index in [9.17, 15) is 0 Å². The maximum Gasteiger partial charge on any atom is 0.0486 e. The highest BCUT2D eigenvalue weighted by Gasteiger charge is 2.03. The minimum atomic E-state index is 0.681. The van der Waals surface area contributed by atoms with Crippen molar-refractivity contribution in [2.75, 3.05) is 6.54 Å². The number of hydrogen-bond donors (Lipinski definition) is 1. The number of rotatable bonds is 4. The van der Waals surface area contributed by atoms with Crippen LogP contribution >= 0.6 is 11.6 Å². The number of aromatic nitrogens is 1. The van der Waals surface area contributed by atoms with Gasteiger partial charge in [-0.3, -0.25) is 0 Å². The Morgan fingerprint density at radius 1 is 1.00 bits per heavy atom. The Morgan fingerprint density at radius 2 is 1.90 bits per heavy atom. The first-order valence-corrected chi connectivity index (χ1v) is 7.16. The van der Waals surface area contributed by atoms with E-state index in [0.29, 0.717) is 6.54 Å². The third-order valence-electron chi connectivity index (χ3n) is 3.51. The fourth-order valence-electron chi connectivity index (χ4n) is 2.52. The van der Waals surface area contributed by atoms with Crippen molar-refractivity contribution in [1.82, 2.24) is 4.57 Å². The van der Waals surface area contributed by atoms with E-state index in [0.717, 1.165) is 18.0 Å². The molecule has 0 amide bonds. The van der Waals surface area contributed by atoms with Crippen molar-refractivity contribution >= 4 is 22.5 Å². The third-order valence-corrected chi connectivity index (χ3v) is 3.75. The van der Waals surface area contributed by atoms with Gasteiger partial charge in [0.2, 0.25) is 0 Å². The van der Waals surface area contributed by atoms with E-state index in [1.165, 1.54) is 22.0 Å². The molecule has 0 aliphatic heterocycles. The van der Waals surface area contributed by atoms with Gasteiger partial charge in [-0.05, 0) is 53.7 Å². The molecule has 1 heterocycles. The van der Waals surface area contributed by atoms with Gasteiger partial charge < -0.3 is 10.3 Å². The van der Waals surface area contributed by atoms with E-state index < -0.39 is 0 Å². The van der Waals surface area contributed by atoms with Gasteiger partial charge in [-0.1, -0.05) is 35.9 Å². The summed E-state index contributed by atoms with van der Waals surface area (Å²) in [5, 5.41) is 2.04. The number of halogens is 1. The summed E-state index contributed by atoms with van der Waals surface area (Å²) in [4.78, 5) is 0. The molecule has 20 heavy (non-hydrogen) atoms. The van der Waals surface area contributed by atoms with Crippen LogP contribution in [0.1, 0.15) is 11.1 Å². The molecule has 3 rings (SSSR count). The van der Waals surface area contributed by atoms with Gasteiger partial charge in [0.25, 0.3) is 0 Å². The smallest absolute Gasteiger partial charge is 0.0486 e. The Bertz CT molecular complexity index is 731. The number of benzene rings is 2. The van der Waals surface area contributed by atoms with Crippen LogP contribution in [-0.2, 0) is 13.0 Å². The summed E-state index contributed by atoms with van der Waals surface area (Å²) >= 11 is 6.05. The van der Waals surface area contributed by atoms with E-state index in [2.05, 4.69) is 41.1 Å². The highest BCUT2D eigenvalue weighted by atomic mass is 35.5. The first kappa shape index (κ1) is 13.2. The molecule has 0 unspecified atom stereocenters. The Balaban J connectivity index is 1.96. The van der Waals surface area contributed by atoms with Crippen LogP contribution in [0.4, 0.5) is 0 Å². The van der Waals surface area contributed by atoms with E-state index in [1.807, 2.05) is 18.2 Å². The summed E-state index contributed by atoms with van der Waals surface area (Å²) in [6.07, 6.45) is 3.04. The topological polar surface area (TPSA) is 30.9 Å². The van der Waals surface area contributed by atoms with Crippen molar-refractivity contribution < 1.29 is 0 Å². The lowest BCUT2D eigenvalue weighted by Crippen LogP contribution is -2.03. The van der Waals surface area contributed by atoms with E-state index in [-0.39, 0.29) is 0 Å². The third kappa shape index (κ3) is 2.72. The molecule has 0 aliphatic carbocycles. The number of hydrogen-bond acceptors (Lipinski definition) is 1. The molecule has 0 spiro atoms. The standard InChI is InChI=1S/C17H17ClN2/c18-16-3-1-2-14(10-16)12-20-9-7-15-5-4-13(6-8-19)11-17(15)20/h1-5,7,9-11H,6,8,12,19H2. The second-order valence-electron chi connectivity index (χ2n) is 5.01. The fourth-order valence-corrected chi connectivity index (χ4v) is 2.73. The first-order chi connectivity index (χ1) is 9.76. The Morgan fingerprint density at radius 3 is 2.70 bits per heavy atom. The zero-order chi connectivity index (χ0) is 13.9. The molecule has 3 aromatic rings. The lowest BCUT2D eigenvalue weighted by molar-refractivity contribution is 0.835. The lowest BCUT2D eigenvalue weighted by atomic mass is 10.1. The maximum atomic E-state index is 6.05. The molecule has 1 aromatic heterocycles. The highest BCUT2D eigenvalue weighted by Crippen LogP contribution is 2.20. The average molecular weight is 285 g/mol. The Labute approximate surface area is 123 Å². The van der Waals surface area contributed by atoms with Gasteiger partial charge in [0.05, 0.1) is 0 Å². The van der Waals surface area contributed by atoms with Crippen molar-refractivity contribution in [2.45, 2.75) is 13.0 Å². The summed E-state index contributed by atoms with van der Waals surface area (Å²) in [6.45, 7) is 1.51.